The molecule has 1 aromatic heterocycles. The number of guanidine groups is 1. The summed E-state index contributed by atoms with van der Waals surface area (Å²) in [5.41, 5.74) is 7.29. The third-order valence-electron chi connectivity index (χ3n) is 5.44. The van der Waals surface area contributed by atoms with Gasteiger partial charge in [-0.1, -0.05) is 26.8 Å². The molecule has 0 bridgehead atoms. The van der Waals surface area contributed by atoms with Crippen LogP contribution in [-0.4, -0.2) is 36.7 Å². The molecule has 3 unspecified atom stereocenters. The van der Waals surface area contributed by atoms with E-state index in [-0.39, 0.29) is 35.5 Å². The minimum Gasteiger partial charge on any atom is -0.380 e. The summed E-state index contributed by atoms with van der Waals surface area (Å²) in [6.07, 6.45) is 5.04. The average molecular weight is 446 g/mol. The van der Waals surface area contributed by atoms with Crippen LogP contribution in [-0.2, 0) is 11.2 Å². The molecule has 6 heteroatoms. The van der Waals surface area contributed by atoms with E-state index in [9.17, 15) is 0 Å². The number of hydrogen-bond acceptors (Lipinski definition) is 3. The van der Waals surface area contributed by atoms with E-state index >= 15 is 0 Å². The van der Waals surface area contributed by atoms with Crippen LogP contribution in [0.5, 0.6) is 0 Å². The van der Waals surface area contributed by atoms with Crippen LogP contribution in [0.2, 0.25) is 0 Å². The van der Waals surface area contributed by atoms with E-state index < -0.39 is 0 Å². The molecule has 3 atom stereocenters. The number of rotatable bonds is 7. The Morgan fingerprint density at radius 3 is 2.62 bits per heavy atom. The SMILES string of the molecule is CCC1(CC)C(NC(N)=NCCc2ccccn2)C(C)C1OC.I. The molecule has 5 nitrogen and oxygen atoms in total. The molecule has 1 aliphatic rings. The predicted octanol–water partition coefficient (Wildman–Crippen LogP) is 2.99. The van der Waals surface area contributed by atoms with Crippen molar-refractivity contribution in [3.63, 3.8) is 0 Å². The summed E-state index contributed by atoms with van der Waals surface area (Å²) in [6, 6.07) is 6.24. The predicted molar refractivity (Wildman–Crippen MR) is 110 cm³/mol. The largest absolute Gasteiger partial charge is 0.380 e. The van der Waals surface area contributed by atoms with E-state index in [4.69, 9.17) is 10.5 Å². The van der Waals surface area contributed by atoms with Gasteiger partial charge in [-0.25, -0.2) is 0 Å². The first-order valence-electron chi connectivity index (χ1n) is 8.58. The molecule has 0 radical (unpaired) electrons. The Balaban J connectivity index is 0.00000288. The number of aromatic nitrogens is 1. The van der Waals surface area contributed by atoms with Gasteiger partial charge in [-0.05, 0) is 25.0 Å². The van der Waals surface area contributed by atoms with Crippen LogP contribution in [0.3, 0.4) is 0 Å². The highest BCUT2D eigenvalue weighted by atomic mass is 127. The van der Waals surface area contributed by atoms with Crippen LogP contribution in [0.1, 0.15) is 39.3 Å². The van der Waals surface area contributed by atoms with Crippen LogP contribution < -0.4 is 11.1 Å². The fourth-order valence-corrected chi connectivity index (χ4v) is 4.14. The molecule has 0 aromatic carbocycles. The lowest BCUT2D eigenvalue weighted by molar-refractivity contribution is -0.163. The normalized spacial score (nSPS) is 25.5. The van der Waals surface area contributed by atoms with E-state index in [1.54, 1.807) is 6.20 Å². The van der Waals surface area contributed by atoms with E-state index in [0.717, 1.165) is 25.0 Å². The Morgan fingerprint density at radius 2 is 2.08 bits per heavy atom. The Hall–Kier alpha value is -0.890. The number of nitrogens with zero attached hydrogens (tertiary/aromatic N) is 2. The van der Waals surface area contributed by atoms with Gasteiger partial charge in [-0.3, -0.25) is 9.98 Å². The number of methoxy groups -OCH3 is 1. The quantitative estimate of drug-likeness (QED) is 0.384. The third-order valence-corrected chi connectivity index (χ3v) is 5.44. The zero-order chi connectivity index (χ0) is 16.9. The van der Waals surface area contributed by atoms with Gasteiger partial charge in [0, 0.05) is 49.3 Å². The average Bonchev–Trinajstić information content (AvgIpc) is 2.58. The molecule has 136 valence electrons. The summed E-state index contributed by atoms with van der Waals surface area (Å²) >= 11 is 0. The summed E-state index contributed by atoms with van der Waals surface area (Å²) in [5, 5.41) is 3.44. The van der Waals surface area contributed by atoms with Crippen molar-refractivity contribution in [2.24, 2.45) is 22.1 Å². The van der Waals surface area contributed by atoms with Gasteiger partial charge in [0.1, 0.15) is 0 Å². The fraction of sp³-hybridized carbons (Fsp3) is 0.667. The number of hydrogen-bond donors (Lipinski definition) is 2. The zero-order valence-electron chi connectivity index (χ0n) is 15.2. The van der Waals surface area contributed by atoms with Gasteiger partial charge in [0.15, 0.2) is 5.96 Å². The lowest BCUT2D eigenvalue weighted by Gasteiger charge is -2.59. The molecule has 0 amide bonds. The molecule has 0 aliphatic heterocycles. The van der Waals surface area contributed by atoms with Crippen LogP contribution >= 0.6 is 24.0 Å². The van der Waals surface area contributed by atoms with Crippen LogP contribution in [0.4, 0.5) is 0 Å². The minimum atomic E-state index is 0. The van der Waals surface area contributed by atoms with Crippen molar-refractivity contribution in [2.45, 2.75) is 52.2 Å². The molecular weight excluding hydrogens is 415 g/mol. The number of ether oxygens (including phenoxy) is 1. The summed E-state index contributed by atoms with van der Waals surface area (Å²) in [4.78, 5) is 8.76. The first-order chi connectivity index (χ1) is 11.1. The highest BCUT2D eigenvalue weighted by Crippen LogP contribution is 2.52. The van der Waals surface area contributed by atoms with Crippen molar-refractivity contribution in [1.82, 2.24) is 10.3 Å². The molecule has 1 aromatic rings. The van der Waals surface area contributed by atoms with Crippen LogP contribution in [0, 0.1) is 11.3 Å². The van der Waals surface area contributed by atoms with E-state index in [2.05, 4.69) is 36.1 Å². The molecule has 1 saturated carbocycles. The first-order valence-corrected chi connectivity index (χ1v) is 8.58. The standard InChI is InChI=1S/C18H30N4O.HI/c1-5-18(6-2)15(13(3)16(18)23-4)22-17(19)21-12-10-14-9-7-8-11-20-14;/h7-9,11,13,15-16H,5-6,10,12H2,1-4H3,(H3,19,21,22);1H. The molecule has 0 saturated heterocycles. The molecule has 3 N–H and O–H groups in total. The fourth-order valence-electron chi connectivity index (χ4n) is 4.14. The van der Waals surface area contributed by atoms with Crippen LogP contribution in [0.15, 0.2) is 29.4 Å². The summed E-state index contributed by atoms with van der Waals surface area (Å²) < 4.78 is 5.72. The van der Waals surface area contributed by atoms with E-state index in [0.29, 0.717) is 24.5 Å². The highest BCUT2D eigenvalue weighted by Gasteiger charge is 2.58. The molecule has 0 spiro atoms. The lowest BCUT2D eigenvalue weighted by atomic mass is 9.53. The van der Waals surface area contributed by atoms with Crippen molar-refractivity contribution < 1.29 is 4.74 Å². The highest BCUT2D eigenvalue weighted by molar-refractivity contribution is 14.0. The molecular formula is C18H31IN4O. The smallest absolute Gasteiger partial charge is 0.188 e. The van der Waals surface area contributed by atoms with Crippen molar-refractivity contribution in [1.29, 1.82) is 0 Å². The Morgan fingerprint density at radius 1 is 1.38 bits per heavy atom. The van der Waals surface area contributed by atoms with Gasteiger partial charge in [0.25, 0.3) is 0 Å². The summed E-state index contributed by atoms with van der Waals surface area (Å²) in [6.45, 7) is 7.32. The maximum absolute atomic E-state index is 6.11. The Labute approximate surface area is 162 Å². The minimum absolute atomic E-state index is 0. The number of pyridine rings is 1. The van der Waals surface area contributed by atoms with Gasteiger partial charge in [0.05, 0.1) is 6.10 Å². The maximum Gasteiger partial charge on any atom is 0.188 e. The van der Waals surface area contributed by atoms with Gasteiger partial charge in [-0.2, -0.15) is 0 Å². The van der Waals surface area contributed by atoms with Gasteiger partial charge >= 0.3 is 0 Å². The third kappa shape index (κ3) is 4.20. The molecule has 1 fully saturated rings. The van der Waals surface area contributed by atoms with Crippen molar-refractivity contribution >= 4 is 29.9 Å². The van der Waals surface area contributed by atoms with Crippen molar-refractivity contribution in [3.8, 4) is 0 Å². The van der Waals surface area contributed by atoms with Gasteiger partial charge < -0.3 is 15.8 Å². The van der Waals surface area contributed by atoms with Gasteiger partial charge in [0.2, 0.25) is 0 Å². The number of halogens is 1. The number of aliphatic imine (C=N–C) groups is 1. The van der Waals surface area contributed by atoms with E-state index in [1.165, 1.54) is 0 Å². The monoisotopic (exact) mass is 446 g/mol. The van der Waals surface area contributed by atoms with E-state index in [1.807, 2.05) is 25.3 Å². The Kier molecular flexibility index (Phi) is 8.42. The maximum atomic E-state index is 6.11. The second-order valence-corrected chi connectivity index (χ2v) is 6.42. The first kappa shape index (κ1) is 21.2. The van der Waals surface area contributed by atoms with Crippen molar-refractivity contribution in [3.05, 3.63) is 30.1 Å². The molecule has 1 heterocycles. The number of nitrogens with one attached hydrogen (secondary N) is 1. The lowest BCUT2D eigenvalue weighted by Crippen LogP contribution is -2.70. The second kappa shape index (κ2) is 9.56. The summed E-state index contributed by atoms with van der Waals surface area (Å²) in [5.74, 6) is 0.961. The second-order valence-electron chi connectivity index (χ2n) is 6.42. The molecule has 24 heavy (non-hydrogen) atoms. The summed E-state index contributed by atoms with van der Waals surface area (Å²) in [7, 11) is 1.81. The molecule has 2 rings (SSSR count). The molecule has 1 aliphatic carbocycles. The van der Waals surface area contributed by atoms with Crippen molar-refractivity contribution in [2.75, 3.05) is 13.7 Å². The topological polar surface area (TPSA) is 72.5 Å². The zero-order valence-corrected chi connectivity index (χ0v) is 17.5. The van der Waals surface area contributed by atoms with Gasteiger partial charge in [-0.15, -0.1) is 24.0 Å². The number of nitrogens with two attached hydrogens (primary N) is 1. The Bertz CT molecular complexity index is 519. The van der Waals surface area contributed by atoms with Crippen LogP contribution in [0.25, 0.3) is 0 Å².